The Kier molecular flexibility index (Phi) is 7.12. The molecule has 28 heavy (non-hydrogen) atoms. The summed E-state index contributed by atoms with van der Waals surface area (Å²) < 4.78 is 41.4. The van der Waals surface area contributed by atoms with Gasteiger partial charge in [-0.1, -0.05) is 6.92 Å². The van der Waals surface area contributed by atoms with E-state index in [1.807, 2.05) is 36.9 Å². The predicted molar refractivity (Wildman–Crippen MR) is 108 cm³/mol. The standard InChI is InChI=1S/C20H29N3O4S/c1-3-13-27-17-6-8-18(9-7-17)28(24,25)21-16-20(19-5-4-10-22(19)2)23-11-14-26-15-12-23/h4-10,20-21H,3,11-16H2,1-2H3. The Bertz CT molecular complexity index is 843. The van der Waals surface area contributed by atoms with Crippen molar-refractivity contribution in [3.05, 3.63) is 48.3 Å². The van der Waals surface area contributed by atoms with Crippen molar-refractivity contribution >= 4 is 10.0 Å². The highest BCUT2D eigenvalue weighted by atomic mass is 32.2. The summed E-state index contributed by atoms with van der Waals surface area (Å²) >= 11 is 0. The summed E-state index contributed by atoms with van der Waals surface area (Å²) in [7, 11) is -1.63. The Morgan fingerprint density at radius 2 is 1.89 bits per heavy atom. The molecule has 0 aliphatic carbocycles. The van der Waals surface area contributed by atoms with E-state index in [0.717, 1.165) is 25.2 Å². The van der Waals surface area contributed by atoms with Crippen molar-refractivity contribution < 1.29 is 17.9 Å². The fourth-order valence-electron chi connectivity index (χ4n) is 3.34. The molecule has 7 nitrogen and oxygen atoms in total. The molecule has 8 heteroatoms. The van der Waals surface area contributed by atoms with E-state index in [1.54, 1.807) is 24.3 Å². The van der Waals surface area contributed by atoms with Gasteiger partial charge in [-0.05, 0) is 42.8 Å². The highest BCUT2D eigenvalue weighted by Crippen LogP contribution is 2.23. The number of ether oxygens (including phenoxy) is 2. The van der Waals surface area contributed by atoms with Crippen LogP contribution < -0.4 is 9.46 Å². The van der Waals surface area contributed by atoms with E-state index in [4.69, 9.17) is 9.47 Å². The van der Waals surface area contributed by atoms with Gasteiger partial charge in [-0.3, -0.25) is 4.90 Å². The lowest BCUT2D eigenvalue weighted by Gasteiger charge is -2.34. The molecule has 0 bridgehead atoms. The first kappa shape index (κ1) is 20.9. The van der Waals surface area contributed by atoms with E-state index in [-0.39, 0.29) is 10.9 Å². The Labute approximate surface area is 167 Å². The van der Waals surface area contributed by atoms with Crippen LogP contribution in [0, 0.1) is 0 Å². The fraction of sp³-hybridized carbons (Fsp3) is 0.500. The van der Waals surface area contributed by atoms with Crippen molar-refractivity contribution in [3.63, 3.8) is 0 Å². The number of hydrogen-bond acceptors (Lipinski definition) is 5. The fourth-order valence-corrected chi connectivity index (χ4v) is 4.38. The molecule has 1 aromatic carbocycles. The average Bonchev–Trinajstić information content (AvgIpc) is 3.13. The first-order valence-electron chi connectivity index (χ1n) is 9.67. The Balaban J connectivity index is 1.71. The third-order valence-electron chi connectivity index (χ3n) is 4.89. The molecule has 1 unspecified atom stereocenters. The number of morpholine rings is 1. The van der Waals surface area contributed by atoms with E-state index >= 15 is 0 Å². The van der Waals surface area contributed by atoms with Crippen molar-refractivity contribution in [3.8, 4) is 5.75 Å². The minimum absolute atomic E-state index is 0.0502. The van der Waals surface area contributed by atoms with Gasteiger partial charge in [-0.25, -0.2) is 13.1 Å². The molecule has 1 aromatic heterocycles. The molecule has 154 valence electrons. The average molecular weight is 408 g/mol. The van der Waals surface area contributed by atoms with Gasteiger partial charge in [-0.2, -0.15) is 0 Å². The molecule has 1 saturated heterocycles. The van der Waals surface area contributed by atoms with E-state index < -0.39 is 10.0 Å². The molecule has 2 heterocycles. The second-order valence-electron chi connectivity index (χ2n) is 6.88. The number of sulfonamides is 1. The molecule has 0 amide bonds. The van der Waals surface area contributed by atoms with Crippen LogP contribution in [-0.4, -0.2) is 57.3 Å². The number of nitrogens with zero attached hydrogens (tertiary/aromatic N) is 2. The summed E-state index contributed by atoms with van der Waals surface area (Å²) in [5.74, 6) is 0.677. The summed E-state index contributed by atoms with van der Waals surface area (Å²) in [6.45, 7) is 5.82. The van der Waals surface area contributed by atoms with Crippen LogP contribution >= 0.6 is 0 Å². The zero-order valence-electron chi connectivity index (χ0n) is 16.5. The Hall–Kier alpha value is -1.87. The quantitative estimate of drug-likeness (QED) is 0.690. The van der Waals surface area contributed by atoms with Gasteiger partial charge in [0.15, 0.2) is 0 Å². The molecular weight excluding hydrogens is 378 g/mol. The largest absolute Gasteiger partial charge is 0.494 e. The minimum atomic E-state index is -3.61. The maximum absolute atomic E-state index is 12.8. The first-order chi connectivity index (χ1) is 13.5. The molecule has 1 aliphatic rings. The van der Waals surface area contributed by atoms with Crippen LogP contribution in [0.3, 0.4) is 0 Å². The predicted octanol–water partition coefficient (Wildman–Crippen LogP) is 2.17. The summed E-state index contributed by atoms with van der Waals surface area (Å²) in [6.07, 6.45) is 2.88. The van der Waals surface area contributed by atoms with Crippen LogP contribution in [0.25, 0.3) is 0 Å². The summed E-state index contributed by atoms with van der Waals surface area (Å²) in [5.41, 5.74) is 1.08. The zero-order valence-corrected chi connectivity index (χ0v) is 17.3. The van der Waals surface area contributed by atoms with Crippen molar-refractivity contribution in [1.82, 2.24) is 14.2 Å². The number of aryl methyl sites for hydroxylation is 1. The Morgan fingerprint density at radius 3 is 2.50 bits per heavy atom. The highest BCUT2D eigenvalue weighted by Gasteiger charge is 2.26. The van der Waals surface area contributed by atoms with Gasteiger partial charge in [-0.15, -0.1) is 0 Å². The lowest BCUT2D eigenvalue weighted by Crippen LogP contribution is -2.44. The van der Waals surface area contributed by atoms with E-state index in [9.17, 15) is 8.42 Å². The van der Waals surface area contributed by atoms with Crippen LogP contribution in [0.5, 0.6) is 5.75 Å². The molecule has 0 spiro atoms. The van der Waals surface area contributed by atoms with Crippen molar-refractivity contribution in [2.45, 2.75) is 24.3 Å². The first-order valence-corrected chi connectivity index (χ1v) is 11.1. The van der Waals surface area contributed by atoms with Gasteiger partial charge in [0, 0.05) is 38.6 Å². The van der Waals surface area contributed by atoms with Gasteiger partial charge in [0.1, 0.15) is 5.75 Å². The normalized spacial score (nSPS) is 16.8. The lowest BCUT2D eigenvalue weighted by atomic mass is 10.1. The number of hydrogen-bond donors (Lipinski definition) is 1. The van der Waals surface area contributed by atoms with Gasteiger partial charge in [0.05, 0.1) is 30.8 Å². The van der Waals surface area contributed by atoms with E-state index in [1.165, 1.54) is 0 Å². The summed E-state index contributed by atoms with van der Waals surface area (Å²) in [5, 5.41) is 0. The number of rotatable bonds is 9. The maximum atomic E-state index is 12.8. The van der Waals surface area contributed by atoms with Gasteiger partial charge < -0.3 is 14.0 Å². The molecule has 1 aliphatic heterocycles. The molecule has 2 aromatic rings. The van der Waals surface area contributed by atoms with Crippen LogP contribution in [0.2, 0.25) is 0 Å². The third-order valence-corrected chi connectivity index (χ3v) is 6.32. The lowest BCUT2D eigenvalue weighted by molar-refractivity contribution is 0.0158. The summed E-state index contributed by atoms with van der Waals surface area (Å²) in [4.78, 5) is 2.51. The van der Waals surface area contributed by atoms with Crippen LogP contribution in [0.15, 0.2) is 47.5 Å². The van der Waals surface area contributed by atoms with Crippen molar-refractivity contribution in [1.29, 1.82) is 0 Å². The van der Waals surface area contributed by atoms with Crippen LogP contribution in [0.4, 0.5) is 0 Å². The minimum Gasteiger partial charge on any atom is -0.494 e. The van der Waals surface area contributed by atoms with E-state index in [0.29, 0.717) is 32.1 Å². The highest BCUT2D eigenvalue weighted by molar-refractivity contribution is 7.89. The van der Waals surface area contributed by atoms with Crippen molar-refractivity contribution in [2.75, 3.05) is 39.5 Å². The van der Waals surface area contributed by atoms with Crippen molar-refractivity contribution in [2.24, 2.45) is 7.05 Å². The Morgan fingerprint density at radius 1 is 1.18 bits per heavy atom. The topological polar surface area (TPSA) is 72.8 Å². The second-order valence-corrected chi connectivity index (χ2v) is 8.65. The van der Waals surface area contributed by atoms with Crippen LogP contribution in [0.1, 0.15) is 25.1 Å². The monoisotopic (exact) mass is 407 g/mol. The summed E-state index contributed by atoms with van der Waals surface area (Å²) in [6, 6.07) is 10.5. The zero-order chi connectivity index (χ0) is 20.0. The van der Waals surface area contributed by atoms with Crippen LogP contribution in [-0.2, 0) is 21.8 Å². The number of benzene rings is 1. The molecule has 0 saturated carbocycles. The molecule has 1 N–H and O–H groups in total. The molecule has 0 radical (unpaired) electrons. The molecule has 1 fully saturated rings. The molecular formula is C20H29N3O4S. The number of aromatic nitrogens is 1. The maximum Gasteiger partial charge on any atom is 0.240 e. The molecule has 1 atom stereocenters. The van der Waals surface area contributed by atoms with Gasteiger partial charge >= 0.3 is 0 Å². The molecule has 3 rings (SSSR count). The van der Waals surface area contributed by atoms with E-state index in [2.05, 4.69) is 9.62 Å². The van der Waals surface area contributed by atoms with Gasteiger partial charge in [0.2, 0.25) is 10.0 Å². The number of nitrogens with one attached hydrogen (secondary N) is 1. The smallest absolute Gasteiger partial charge is 0.240 e. The SMILES string of the molecule is CCCOc1ccc(S(=O)(=O)NCC(c2cccn2C)N2CCOCC2)cc1. The van der Waals surface area contributed by atoms with Gasteiger partial charge in [0.25, 0.3) is 0 Å². The third kappa shape index (κ3) is 5.14. The second kappa shape index (κ2) is 9.56.